The number of hydrogen-bond donors (Lipinski definition) is 1. The highest BCUT2D eigenvalue weighted by atomic mass is 15.1. The highest BCUT2D eigenvalue weighted by Gasteiger charge is 2.20. The topological polar surface area (TPSA) is 15.3 Å². The molecule has 0 aromatic heterocycles. The Labute approximate surface area is 119 Å². The molecule has 0 unspecified atom stereocenters. The quantitative estimate of drug-likeness (QED) is 0.806. The molecule has 0 atom stereocenters. The van der Waals surface area contributed by atoms with E-state index >= 15 is 0 Å². The normalized spacial score (nSPS) is 11.9. The van der Waals surface area contributed by atoms with Gasteiger partial charge in [-0.05, 0) is 29.5 Å². The lowest BCUT2D eigenvalue weighted by atomic mass is 9.92. The van der Waals surface area contributed by atoms with Gasteiger partial charge in [-0.15, -0.1) is 0 Å². The average molecular weight is 262 g/mol. The molecule has 0 radical (unpaired) electrons. The van der Waals surface area contributed by atoms with E-state index in [1.165, 1.54) is 11.3 Å². The molecule has 0 saturated heterocycles. The molecule has 1 aromatic carbocycles. The number of nitrogens with one attached hydrogen (secondary N) is 1. The molecule has 0 fully saturated rings. The first-order chi connectivity index (χ1) is 8.84. The van der Waals surface area contributed by atoms with Crippen LogP contribution in [-0.2, 0) is 6.42 Å². The van der Waals surface area contributed by atoms with Crippen molar-refractivity contribution in [2.24, 2.45) is 5.41 Å². The molecule has 1 rings (SSSR count). The first-order valence-corrected chi connectivity index (χ1v) is 7.37. The Kier molecular flexibility index (Phi) is 5.86. The number of anilines is 1. The monoisotopic (exact) mass is 262 g/mol. The molecule has 0 saturated carbocycles. The van der Waals surface area contributed by atoms with Gasteiger partial charge >= 0.3 is 0 Å². The van der Waals surface area contributed by atoms with Gasteiger partial charge in [-0.3, -0.25) is 0 Å². The summed E-state index contributed by atoms with van der Waals surface area (Å²) < 4.78 is 0. The van der Waals surface area contributed by atoms with Crippen molar-refractivity contribution in [1.82, 2.24) is 5.32 Å². The lowest BCUT2D eigenvalue weighted by Crippen LogP contribution is -2.41. The van der Waals surface area contributed by atoms with Gasteiger partial charge in [-0.25, -0.2) is 0 Å². The molecule has 19 heavy (non-hydrogen) atoms. The molecule has 0 aliphatic rings. The molecule has 2 nitrogen and oxygen atoms in total. The van der Waals surface area contributed by atoms with Gasteiger partial charge in [-0.2, -0.15) is 0 Å². The fraction of sp³-hybridized carbons (Fsp3) is 0.647. The molecule has 0 spiro atoms. The van der Waals surface area contributed by atoms with E-state index in [0.29, 0.717) is 6.04 Å². The van der Waals surface area contributed by atoms with Gasteiger partial charge in [0.1, 0.15) is 0 Å². The van der Waals surface area contributed by atoms with Crippen molar-refractivity contribution in [2.75, 3.05) is 25.0 Å². The Morgan fingerprint density at radius 3 is 2.21 bits per heavy atom. The van der Waals surface area contributed by atoms with Crippen LogP contribution in [0, 0.1) is 5.41 Å². The second kappa shape index (κ2) is 6.95. The van der Waals surface area contributed by atoms with Crippen LogP contribution in [0.2, 0.25) is 0 Å². The Hall–Kier alpha value is -1.02. The van der Waals surface area contributed by atoms with Crippen LogP contribution in [0.25, 0.3) is 0 Å². The van der Waals surface area contributed by atoms with E-state index in [2.05, 4.69) is 76.1 Å². The minimum absolute atomic E-state index is 0.266. The van der Waals surface area contributed by atoms with E-state index in [4.69, 9.17) is 0 Å². The van der Waals surface area contributed by atoms with Crippen molar-refractivity contribution >= 4 is 5.69 Å². The predicted octanol–water partition coefficient (Wildman–Crippen LogP) is 3.71. The Bertz CT molecular complexity index is 365. The molecule has 1 aromatic rings. The minimum atomic E-state index is 0.266. The van der Waals surface area contributed by atoms with Gasteiger partial charge in [0.25, 0.3) is 0 Å². The largest absolute Gasteiger partial charge is 0.374 e. The van der Waals surface area contributed by atoms with Gasteiger partial charge in [0.05, 0.1) is 0 Å². The first-order valence-electron chi connectivity index (χ1n) is 7.37. The molecule has 0 aliphatic heterocycles. The Morgan fingerprint density at radius 1 is 1.16 bits per heavy atom. The number of benzene rings is 1. The van der Waals surface area contributed by atoms with Crippen LogP contribution in [0.4, 0.5) is 5.69 Å². The van der Waals surface area contributed by atoms with Gasteiger partial charge in [-0.1, -0.05) is 46.8 Å². The van der Waals surface area contributed by atoms with Gasteiger partial charge in [0.2, 0.25) is 0 Å². The second-order valence-electron chi connectivity index (χ2n) is 6.58. The maximum absolute atomic E-state index is 3.53. The lowest BCUT2D eigenvalue weighted by molar-refractivity contribution is 0.333. The van der Waals surface area contributed by atoms with E-state index in [1.807, 2.05) is 0 Å². The highest BCUT2D eigenvalue weighted by Crippen LogP contribution is 2.21. The summed E-state index contributed by atoms with van der Waals surface area (Å²) in [6.07, 6.45) is 1.10. The lowest BCUT2D eigenvalue weighted by Gasteiger charge is -2.32. The number of hydrogen-bond acceptors (Lipinski definition) is 2. The van der Waals surface area contributed by atoms with E-state index in [9.17, 15) is 0 Å². The molecule has 0 bridgehead atoms. The van der Waals surface area contributed by atoms with Crippen LogP contribution in [0.5, 0.6) is 0 Å². The zero-order valence-electron chi connectivity index (χ0n) is 13.5. The van der Waals surface area contributed by atoms with Crippen molar-refractivity contribution in [2.45, 2.75) is 47.1 Å². The highest BCUT2D eigenvalue weighted by molar-refractivity contribution is 5.47. The molecule has 2 heteroatoms. The summed E-state index contributed by atoms with van der Waals surface area (Å²) in [5.41, 5.74) is 2.97. The van der Waals surface area contributed by atoms with Crippen LogP contribution in [0.15, 0.2) is 24.3 Å². The van der Waals surface area contributed by atoms with E-state index in [-0.39, 0.29) is 5.41 Å². The van der Waals surface area contributed by atoms with Crippen LogP contribution in [-0.4, -0.2) is 26.2 Å². The minimum Gasteiger partial charge on any atom is -0.374 e. The summed E-state index contributed by atoms with van der Waals surface area (Å²) in [5.74, 6) is 0. The summed E-state index contributed by atoms with van der Waals surface area (Å²) in [6.45, 7) is 13.3. The zero-order valence-corrected chi connectivity index (χ0v) is 13.5. The van der Waals surface area contributed by atoms with Crippen molar-refractivity contribution in [3.05, 3.63) is 29.8 Å². The summed E-state index contributed by atoms with van der Waals surface area (Å²) in [5, 5.41) is 3.53. The van der Waals surface area contributed by atoms with Gasteiger partial charge < -0.3 is 10.2 Å². The third-order valence-electron chi connectivity index (χ3n) is 3.44. The van der Waals surface area contributed by atoms with Gasteiger partial charge in [0, 0.05) is 31.9 Å². The van der Waals surface area contributed by atoms with Crippen molar-refractivity contribution in [1.29, 1.82) is 0 Å². The standard InChI is InChI=1S/C17H30N2/c1-7-15-8-10-16(11-9-15)19(6)13-17(4,5)12-18-14(2)3/h8-11,14,18H,7,12-13H2,1-6H3. The molecule has 1 N–H and O–H groups in total. The summed E-state index contributed by atoms with van der Waals surface area (Å²) in [7, 11) is 2.18. The van der Waals surface area contributed by atoms with Crippen LogP contribution in [0.1, 0.15) is 40.2 Å². The maximum atomic E-state index is 3.53. The van der Waals surface area contributed by atoms with Gasteiger partial charge in [0.15, 0.2) is 0 Å². The first kappa shape index (κ1) is 16.0. The smallest absolute Gasteiger partial charge is 0.0363 e. The molecule has 0 amide bonds. The second-order valence-corrected chi connectivity index (χ2v) is 6.58. The van der Waals surface area contributed by atoms with E-state index in [1.54, 1.807) is 0 Å². The number of nitrogens with zero attached hydrogens (tertiary/aromatic N) is 1. The molecule has 0 heterocycles. The maximum Gasteiger partial charge on any atom is 0.0363 e. The Morgan fingerprint density at radius 2 is 1.74 bits per heavy atom. The average Bonchev–Trinajstić information content (AvgIpc) is 2.36. The van der Waals surface area contributed by atoms with Crippen LogP contribution < -0.4 is 10.2 Å². The fourth-order valence-corrected chi connectivity index (χ4v) is 2.26. The fourth-order valence-electron chi connectivity index (χ4n) is 2.26. The third-order valence-corrected chi connectivity index (χ3v) is 3.44. The van der Waals surface area contributed by atoms with Crippen molar-refractivity contribution in [3.63, 3.8) is 0 Å². The molecule has 0 aliphatic carbocycles. The Balaban J connectivity index is 2.59. The van der Waals surface area contributed by atoms with E-state index in [0.717, 1.165) is 19.5 Å². The molecule has 108 valence electrons. The molecular weight excluding hydrogens is 232 g/mol. The molecular formula is C17H30N2. The SMILES string of the molecule is CCc1ccc(N(C)CC(C)(C)CNC(C)C)cc1. The number of rotatable bonds is 7. The van der Waals surface area contributed by atoms with Crippen molar-refractivity contribution < 1.29 is 0 Å². The summed E-state index contributed by atoms with van der Waals surface area (Å²) in [6, 6.07) is 9.46. The summed E-state index contributed by atoms with van der Waals surface area (Å²) >= 11 is 0. The van der Waals surface area contributed by atoms with Crippen molar-refractivity contribution in [3.8, 4) is 0 Å². The summed E-state index contributed by atoms with van der Waals surface area (Å²) in [4.78, 5) is 2.35. The van der Waals surface area contributed by atoms with E-state index < -0.39 is 0 Å². The van der Waals surface area contributed by atoms with Crippen LogP contribution in [0.3, 0.4) is 0 Å². The third kappa shape index (κ3) is 5.65. The number of aryl methyl sites for hydroxylation is 1. The zero-order chi connectivity index (χ0) is 14.5. The van der Waals surface area contributed by atoms with Crippen LogP contribution >= 0.6 is 0 Å². The predicted molar refractivity (Wildman–Crippen MR) is 86.0 cm³/mol.